The molecule has 0 fully saturated rings. The van der Waals surface area contributed by atoms with Gasteiger partial charge >= 0.3 is 82.4 Å². The Morgan fingerprint density at radius 3 is 1.22 bits per heavy atom. The maximum absolute atomic E-state index is 10.7. The van der Waals surface area contributed by atoms with Crippen molar-refractivity contribution in [1.29, 1.82) is 5.26 Å². The van der Waals surface area contributed by atoms with E-state index in [-0.39, 0.29) is 49.4 Å². The van der Waals surface area contributed by atoms with Gasteiger partial charge in [0, 0.05) is 31.7 Å². The first-order valence-electron chi connectivity index (χ1n) is 12.5. The fourth-order valence-corrected chi connectivity index (χ4v) is 2.79. The molecule has 4 heterocycles. The van der Waals surface area contributed by atoms with Crippen LogP contribution in [0, 0.1) is 91.4 Å². The van der Waals surface area contributed by atoms with Crippen molar-refractivity contribution >= 4 is 20.2 Å². The van der Waals surface area contributed by atoms with E-state index in [2.05, 4.69) is 29.9 Å². The van der Waals surface area contributed by atoms with Gasteiger partial charge in [0.25, 0.3) is 0 Å². The molecule has 4 rings (SSSR count). The number of hydrogen-bond acceptors (Lipinski definition) is 13. The SMILES string of the molecule is C(=NCCN=Cc1cccc(-c2ccccn2)n1)c1cccc(-c2ccccn2)n1.CC#N.F[P-](F)(F)(F)(F)F.O=[N+]([O-])[O-].O=[N+]([O-])[O-].[Eu+3]. The van der Waals surface area contributed by atoms with E-state index < -0.39 is 18.0 Å². The van der Waals surface area contributed by atoms with Crippen molar-refractivity contribution in [3.05, 3.63) is 127 Å². The molecule has 0 unspecified atom stereocenters. The van der Waals surface area contributed by atoms with E-state index in [1.54, 1.807) is 30.9 Å². The minimum Gasteiger partial charge on any atom is -0.356 e. The first-order chi connectivity index (χ1) is 22.2. The third-order valence-electron chi connectivity index (χ3n) is 4.20. The predicted molar refractivity (Wildman–Crippen MR) is 165 cm³/mol. The Morgan fingerprint density at radius 2 is 0.959 bits per heavy atom. The summed E-state index contributed by atoms with van der Waals surface area (Å²) in [4.78, 5) is 43.2. The van der Waals surface area contributed by atoms with Crippen LogP contribution in [0.25, 0.3) is 22.8 Å². The summed E-state index contributed by atoms with van der Waals surface area (Å²) in [6.45, 7) is 2.58. The predicted octanol–water partition coefficient (Wildman–Crippen LogP) is 7.57. The van der Waals surface area contributed by atoms with Crippen molar-refractivity contribution in [3.8, 4) is 28.8 Å². The van der Waals surface area contributed by atoms with E-state index in [1.165, 1.54) is 6.92 Å². The van der Waals surface area contributed by atoms with Gasteiger partial charge in [0.15, 0.2) is 0 Å². The molecule has 0 aliphatic heterocycles. The molecule has 4 aromatic heterocycles. The van der Waals surface area contributed by atoms with Crippen LogP contribution in [0.1, 0.15) is 18.3 Å². The van der Waals surface area contributed by atoms with Crippen LogP contribution in [0.4, 0.5) is 25.2 Å². The second-order valence-corrected chi connectivity index (χ2v) is 9.94. The zero-order chi connectivity index (χ0) is 36.7. The van der Waals surface area contributed by atoms with Gasteiger partial charge in [-0.25, -0.2) is 9.97 Å². The number of aromatic nitrogens is 4. The van der Waals surface area contributed by atoms with Crippen molar-refractivity contribution in [3.63, 3.8) is 0 Å². The molecule has 0 spiro atoms. The Balaban J connectivity index is 0. The Bertz CT molecular complexity index is 1570. The number of hydrogen-bond donors (Lipinski definition) is 0. The van der Waals surface area contributed by atoms with E-state index in [9.17, 15) is 25.2 Å². The van der Waals surface area contributed by atoms with Gasteiger partial charge < -0.3 is 30.6 Å². The fourth-order valence-electron chi connectivity index (χ4n) is 2.79. The van der Waals surface area contributed by atoms with E-state index in [0.717, 1.165) is 34.2 Å². The number of nitriles is 1. The normalized spacial score (nSPS) is 11.4. The molecule has 4 aromatic rings. The average molecular weight is 854 g/mol. The van der Waals surface area contributed by atoms with Crippen LogP contribution in [-0.2, 0) is 0 Å². The van der Waals surface area contributed by atoms with Crippen molar-refractivity contribution in [2.75, 3.05) is 13.1 Å². The molecule has 0 aliphatic rings. The third kappa shape index (κ3) is 31.8. The van der Waals surface area contributed by atoms with Crippen molar-refractivity contribution in [2.45, 2.75) is 6.92 Å². The van der Waals surface area contributed by atoms with Crippen molar-refractivity contribution in [1.82, 2.24) is 19.9 Å². The number of aliphatic imine (C=N–C) groups is 2. The van der Waals surface area contributed by atoms with Gasteiger partial charge in [0.1, 0.15) is 0 Å². The summed E-state index contributed by atoms with van der Waals surface area (Å²) in [6, 6.07) is 24.9. The molecule has 262 valence electrons. The zero-order valence-corrected chi connectivity index (χ0v) is 28.0. The van der Waals surface area contributed by atoms with Crippen molar-refractivity contribution < 1.29 is 84.7 Å². The summed E-state index contributed by atoms with van der Waals surface area (Å²) in [5.74, 6) is 0. The maximum atomic E-state index is 9.87. The molecule has 15 nitrogen and oxygen atoms in total. The molecule has 23 heteroatoms. The first kappa shape index (κ1) is 46.5. The summed E-state index contributed by atoms with van der Waals surface area (Å²) in [5, 5.41) is 36.8. The Kier molecular flexibility index (Phi) is 21.0. The topological polar surface area (TPSA) is 232 Å². The molecule has 0 amide bonds. The quantitative estimate of drug-likeness (QED) is 0.0439. The summed E-state index contributed by atoms with van der Waals surface area (Å²) in [5.41, 5.74) is 4.95. The monoisotopic (exact) mass is 855 g/mol. The van der Waals surface area contributed by atoms with Crippen LogP contribution in [-0.4, -0.2) is 55.6 Å². The largest absolute Gasteiger partial charge is 3.00 e. The molecule has 0 aromatic carbocycles. The summed E-state index contributed by atoms with van der Waals surface area (Å²) in [7, 11) is -10.7. The zero-order valence-electron chi connectivity index (χ0n) is 24.7. The minimum atomic E-state index is -10.7. The van der Waals surface area contributed by atoms with Crippen LogP contribution in [0.3, 0.4) is 0 Å². The fraction of sp³-hybridized carbons (Fsp3) is 0.115. The van der Waals surface area contributed by atoms with Gasteiger partial charge in [0.05, 0.1) is 63.5 Å². The first-order valence-corrected chi connectivity index (χ1v) is 14.5. The van der Waals surface area contributed by atoms with Gasteiger partial charge in [-0.05, 0) is 48.5 Å². The Morgan fingerprint density at radius 1 is 0.673 bits per heavy atom. The smallest absolute Gasteiger partial charge is 0.356 e. The molecule has 49 heavy (non-hydrogen) atoms. The molecule has 0 radical (unpaired) electrons. The van der Waals surface area contributed by atoms with Crippen LogP contribution >= 0.6 is 7.81 Å². The molecule has 0 atom stereocenters. The summed E-state index contributed by atoms with van der Waals surface area (Å²) >= 11 is 0. The second kappa shape index (κ2) is 22.1. The molecule has 0 saturated carbocycles. The number of rotatable bonds is 7. The van der Waals surface area contributed by atoms with Gasteiger partial charge in [-0.2, -0.15) is 5.26 Å². The second-order valence-electron chi connectivity index (χ2n) is 8.03. The average Bonchev–Trinajstić information content (AvgIpc) is 2.98. The van der Waals surface area contributed by atoms with E-state index in [4.69, 9.17) is 35.9 Å². The van der Waals surface area contributed by atoms with Crippen LogP contribution < -0.4 is 0 Å². The Hall–Kier alpha value is -4.58. The van der Waals surface area contributed by atoms with Gasteiger partial charge in [-0.1, -0.05) is 24.3 Å². The maximum Gasteiger partial charge on any atom is 3.00 e. The van der Waals surface area contributed by atoms with Crippen LogP contribution in [0.5, 0.6) is 0 Å². The van der Waals surface area contributed by atoms with E-state index >= 15 is 0 Å². The molecular formula is C26H23EuF6N9O6P. The minimum absolute atomic E-state index is 0. The molecule has 0 bridgehead atoms. The molecule has 0 aliphatic carbocycles. The number of nitrogens with zero attached hydrogens (tertiary/aromatic N) is 9. The third-order valence-corrected chi connectivity index (χ3v) is 4.20. The van der Waals surface area contributed by atoms with Gasteiger partial charge in [-0.3, -0.25) is 20.0 Å². The number of pyridine rings is 4. The van der Waals surface area contributed by atoms with Gasteiger partial charge in [0.2, 0.25) is 0 Å². The number of halogens is 6. The van der Waals surface area contributed by atoms with Crippen LogP contribution in [0.2, 0.25) is 0 Å². The van der Waals surface area contributed by atoms with E-state index in [0.29, 0.717) is 13.1 Å². The van der Waals surface area contributed by atoms with Crippen LogP contribution in [0.15, 0.2) is 95.2 Å². The van der Waals surface area contributed by atoms with Gasteiger partial charge in [-0.15, -0.1) is 0 Å². The molecule has 0 N–H and O–H groups in total. The van der Waals surface area contributed by atoms with Crippen molar-refractivity contribution in [2.24, 2.45) is 9.98 Å². The molecule has 0 saturated heterocycles. The Labute approximate surface area is 314 Å². The standard InChI is InChI=1S/C24H20N6.C2H3N.Eu.F6P.2NO3/c1-3-13-27-21(9-1)23-11-5-7-19(29-23)17-25-15-16-26-18-20-8-6-12-24(30-20)22-10-2-4-14-28-22;1-2-3;;1-7(2,3,4,5)6;2*2-1(3)4/h1-14,17-18H,15-16H2;1H3;;;;/q;;+3;3*-1. The summed E-state index contributed by atoms with van der Waals surface area (Å²) in [6.07, 6.45) is 7.05. The summed E-state index contributed by atoms with van der Waals surface area (Å²) < 4.78 is 59.2. The van der Waals surface area contributed by atoms with E-state index in [1.807, 2.05) is 72.8 Å². The molecular weight excluding hydrogens is 831 g/mol.